The van der Waals surface area contributed by atoms with Gasteiger partial charge >= 0.3 is 11.9 Å². The summed E-state index contributed by atoms with van der Waals surface area (Å²) in [6.45, 7) is 24.5. The molecule has 0 spiro atoms. The third-order valence-electron chi connectivity index (χ3n) is 6.74. The van der Waals surface area contributed by atoms with Crippen LogP contribution in [0.15, 0.2) is 48.6 Å². The Labute approximate surface area is 257 Å². The van der Waals surface area contributed by atoms with Gasteiger partial charge < -0.3 is 28.4 Å². The average molecular weight is 597 g/mol. The topological polar surface area (TPSA) is 89.5 Å². The molecule has 8 nitrogen and oxygen atoms in total. The monoisotopic (exact) mass is 596 g/mol. The van der Waals surface area contributed by atoms with Gasteiger partial charge in [0.1, 0.15) is 0 Å². The Morgan fingerprint density at radius 3 is 1.21 bits per heavy atom. The van der Waals surface area contributed by atoms with E-state index in [4.69, 9.17) is 28.4 Å². The first-order valence-electron chi connectivity index (χ1n) is 15.2. The van der Waals surface area contributed by atoms with E-state index in [-0.39, 0.29) is 11.5 Å². The summed E-state index contributed by atoms with van der Waals surface area (Å²) in [4.78, 5) is 25.5. The molecule has 0 aliphatic heterocycles. The number of carbonyl (C=O) groups excluding carboxylic acids is 2. The molecule has 0 amide bonds. The summed E-state index contributed by atoms with van der Waals surface area (Å²) in [6.07, 6.45) is 2.63. The van der Waals surface area contributed by atoms with Gasteiger partial charge in [-0.25, -0.2) is 9.59 Å². The molecular weight excluding hydrogens is 548 g/mol. The van der Waals surface area contributed by atoms with E-state index in [1.807, 2.05) is 67.5 Å². The molecule has 2 aromatic rings. The molecule has 8 heteroatoms. The number of ether oxygens (including phenoxy) is 6. The molecule has 0 bridgehead atoms. The zero-order valence-corrected chi connectivity index (χ0v) is 27.1. The van der Waals surface area contributed by atoms with Crippen LogP contribution in [-0.2, 0) is 15.0 Å². The lowest BCUT2D eigenvalue weighted by molar-refractivity contribution is -0.131. The van der Waals surface area contributed by atoms with Gasteiger partial charge in [-0.05, 0) is 52.7 Å². The van der Waals surface area contributed by atoms with Crippen molar-refractivity contribution < 1.29 is 38.0 Å². The van der Waals surface area contributed by atoms with Gasteiger partial charge in [-0.15, -0.1) is 0 Å². The Morgan fingerprint density at radius 2 is 0.907 bits per heavy atom. The summed E-state index contributed by atoms with van der Waals surface area (Å²) in [7, 11) is 0. The van der Waals surface area contributed by atoms with Crippen LogP contribution in [0.2, 0.25) is 0 Å². The third-order valence-corrected chi connectivity index (χ3v) is 6.74. The Kier molecular flexibility index (Phi) is 13.6. The highest BCUT2D eigenvalue weighted by atomic mass is 16.6. The molecule has 0 unspecified atom stereocenters. The molecular formula is C35H48O8. The fourth-order valence-electron chi connectivity index (χ4n) is 4.67. The maximum absolute atomic E-state index is 12.7. The number of esters is 2. The van der Waals surface area contributed by atoms with E-state index in [2.05, 4.69) is 13.2 Å². The summed E-state index contributed by atoms with van der Waals surface area (Å²) in [5, 5.41) is 0. The van der Waals surface area contributed by atoms with Gasteiger partial charge in [-0.3, -0.25) is 0 Å². The molecule has 0 heterocycles. The van der Waals surface area contributed by atoms with Gasteiger partial charge in [0.05, 0.1) is 26.4 Å². The van der Waals surface area contributed by atoms with Crippen LogP contribution in [0.1, 0.15) is 92.2 Å². The largest absolute Gasteiger partial charge is 0.490 e. The lowest BCUT2D eigenvalue weighted by atomic mass is 9.76. The Hall–Kier alpha value is -3.94. The first-order chi connectivity index (χ1) is 20.5. The molecule has 0 saturated carbocycles. The molecule has 0 radical (unpaired) electrons. The molecule has 0 fully saturated rings. The zero-order valence-electron chi connectivity index (χ0n) is 27.1. The van der Waals surface area contributed by atoms with Gasteiger partial charge in [0.15, 0.2) is 23.0 Å². The number of hydrogen-bond acceptors (Lipinski definition) is 8. The second-order valence-corrected chi connectivity index (χ2v) is 10.4. The molecule has 43 heavy (non-hydrogen) atoms. The third kappa shape index (κ3) is 8.55. The Balaban J connectivity index is 2.76. The minimum atomic E-state index is -0.741. The van der Waals surface area contributed by atoms with Crippen molar-refractivity contribution in [1.29, 1.82) is 0 Å². The van der Waals surface area contributed by atoms with Crippen molar-refractivity contribution in [3.63, 3.8) is 0 Å². The van der Waals surface area contributed by atoms with Gasteiger partial charge in [0.25, 0.3) is 0 Å². The normalized spacial score (nSPS) is 11.0. The first-order valence-corrected chi connectivity index (χ1v) is 15.2. The highest BCUT2D eigenvalue weighted by Crippen LogP contribution is 2.52. The van der Waals surface area contributed by atoms with Crippen molar-refractivity contribution in [2.24, 2.45) is 0 Å². The lowest BCUT2D eigenvalue weighted by Gasteiger charge is -2.32. The number of benzene rings is 2. The molecule has 0 saturated heterocycles. The minimum absolute atomic E-state index is 0.252. The van der Waals surface area contributed by atoms with E-state index in [0.29, 0.717) is 73.4 Å². The quantitative estimate of drug-likeness (QED) is 0.0968. The molecule has 2 rings (SSSR count). The van der Waals surface area contributed by atoms with E-state index in [0.717, 1.165) is 24.0 Å². The molecule has 0 aliphatic carbocycles. The number of rotatable bonds is 18. The van der Waals surface area contributed by atoms with Crippen molar-refractivity contribution in [1.82, 2.24) is 0 Å². The highest BCUT2D eigenvalue weighted by Gasteiger charge is 2.35. The first kappa shape index (κ1) is 35.3. The summed E-state index contributed by atoms with van der Waals surface area (Å²) >= 11 is 0. The van der Waals surface area contributed by atoms with Crippen molar-refractivity contribution >= 4 is 11.9 Å². The average Bonchev–Trinajstić information content (AvgIpc) is 2.96. The maximum atomic E-state index is 12.7. The predicted molar refractivity (Wildman–Crippen MR) is 169 cm³/mol. The van der Waals surface area contributed by atoms with E-state index in [1.54, 1.807) is 12.1 Å². The maximum Gasteiger partial charge on any atom is 0.338 e. The predicted octanol–water partition coefficient (Wildman–Crippen LogP) is 8.13. The fraction of sp³-hybridized carbons (Fsp3) is 0.486. The van der Waals surface area contributed by atoms with Crippen LogP contribution in [0.25, 0.3) is 0 Å². The van der Waals surface area contributed by atoms with Gasteiger partial charge in [0, 0.05) is 27.7 Å². The van der Waals surface area contributed by atoms with Crippen LogP contribution in [0.5, 0.6) is 34.5 Å². The summed E-state index contributed by atoms with van der Waals surface area (Å²) in [5.41, 5.74) is 1.58. The Bertz CT molecular complexity index is 1190. The van der Waals surface area contributed by atoms with Gasteiger partial charge in [-0.1, -0.05) is 65.8 Å². The molecule has 0 atom stereocenters. The van der Waals surface area contributed by atoms with E-state index in [1.165, 1.54) is 0 Å². The van der Waals surface area contributed by atoms with Crippen LogP contribution in [0, 0.1) is 0 Å². The molecule has 2 aromatic carbocycles. The van der Waals surface area contributed by atoms with Crippen LogP contribution >= 0.6 is 0 Å². The van der Waals surface area contributed by atoms with Crippen LogP contribution in [0.4, 0.5) is 0 Å². The van der Waals surface area contributed by atoms with E-state index < -0.39 is 17.4 Å². The zero-order chi connectivity index (χ0) is 32.2. The molecule has 236 valence electrons. The van der Waals surface area contributed by atoms with Crippen LogP contribution in [0.3, 0.4) is 0 Å². The Morgan fingerprint density at radius 1 is 0.581 bits per heavy atom. The summed E-state index contributed by atoms with van der Waals surface area (Å²) in [5.74, 6) is 1.04. The smallest absolute Gasteiger partial charge is 0.338 e. The van der Waals surface area contributed by atoms with Crippen molar-refractivity contribution in [2.75, 3.05) is 26.4 Å². The second-order valence-electron chi connectivity index (χ2n) is 10.4. The van der Waals surface area contributed by atoms with Gasteiger partial charge in [-0.2, -0.15) is 0 Å². The standard InChI is InChI=1S/C35H48O8/c1-11-17-23(7)33(36)42-27-21-19-25(29(38-13-3)31(27)40-15-5)35(9,10)26-20-22-28(43-34(37)24(8)18-12-2)32(41-16-6)30(26)39-14-4/h19-22H,7-8,11-18H2,1-6,9-10H3. The van der Waals surface area contributed by atoms with Crippen LogP contribution in [-0.4, -0.2) is 38.4 Å². The molecule has 0 N–H and O–H groups in total. The minimum Gasteiger partial charge on any atom is -0.490 e. The van der Waals surface area contributed by atoms with E-state index in [9.17, 15) is 9.59 Å². The van der Waals surface area contributed by atoms with Gasteiger partial charge in [0.2, 0.25) is 11.5 Å². The molecule has 0 aliphatic rings. The van der Waals surface area contributed by atoms with E-state index >= 15 is 0 Å². The fourth-order valence-corrected chi connectivity index (χ4v) is 4.67. The number of carbonyl (C=O) groups is 2. The highest BCUT2D eigenvalue weighted by molar-refractivity contribution is 5.90. The van der Waals surface area contributed by atoms with Crippen molar-refractivity contribution in [3.8, 4) is 34.5 Å². The summed E-state index contributed by atoms with van der Waals surface area (Å²) < 4.78 is 35.9. The second kappa shape index (κ2) is 16.6. The SMILES string of the molecule is C=C(CCC)C(=O)Oc1ccc(C(C)(C)c2ccc(OC(=O)C(=C)CCC)c(OCC)c2OCC)c(OCC)c1OCC. The number of hydrogen-bond donors (Lipinski definition) is 0. The van der Waals surface area contributed by atoms with Crippen LogP contribution < -0.4 is 28.4 Å². The summed E-state index contributed by atoms with van der Waals surface area (Å²) in [6, 6.07) is 7.14. The molecule has 0 aromatic heterocycles. The van der Waals surface area contributed by atoms with Crippen molar-refractivity contribution in [2.45, 2.75) is 86.5 Å². The van der Waals surface area contributed by atoms with Crippen molar-refractivity contribution in [3.05, 3.63) is 59.7 Å². The lowest BCUT2D eigenvalue weighted by Crippen LogP contribution is -2.23.